The summed E-state index contributed by atoms with van der Waals surface area (Å²) in [6.45, 7) is -0.00606. The molecule has 0 bridgehead atoms. The van der Waals surface area contributed by atoms with E-state index in [0.29, 0.717) is 6.42 Å². The first-order valence-electron chi connectivity index (χ1n) is 4.77. The van der Waals surface area contributed by atoms with Crippen LogP contribution in [0.2, 0.25) is 0 Å². The molecule has 72 valence electrons. The van der Waals surface area contributed by atoms with Gasteiger partial charge in [-0.25, -0.2) is 0 Å². The number of aliphatic hydroxyl groups is 2. The standard InChI is InChI=1S/C9H18O3/c10-7-6-9(11)12-8-4-2-1-3-5-8/h8-11H,1-7H2. The van der Waals surface area contributed by atoms with Gasteiger partial charge in [-0.2, -0.15) is 0 Å². The highest BCUT2D eigenvalue weighted by atomic mass is 16.6. The summed E-state index contributed by atoms with van der Waals surface area (Å²) in [7, 11) is 0. The molecule has 1 rings (SSSR count). The van der Waals surface area contributed by atoms with Crippen LogP contribution in [-0.2, 0) is 4.74 Å². The molecule has 0 aromatic carbocycles. The molecule has 1 atom stereocenters. The van der Waals surface area contributed by atoms with Gasteiger partial charge >= 0.3 is 0 Å². The molecular weight excluding hydrogens is 156 g/mol. The molecule has 0 amide bonds. The van der Waals surface area contributed by atoms with E-state index in [2.05, 4.69) is 0 Å². The molecule has 1 saturated carbocycles. The summed E-state index contributed by atoms with van der Waals surface area (Å²) >= 11 is 0. The second kappa shape index (κ2) is 5.51. The van der Waals surface area contributed by atoms with Crippen LogP contribution in [0.3, 0.4) is 0 Å². The zero-order valence-electron chi connectivity index (χ0n) is 7.41. The van der Waals surface area contributed by atoms with Gasteiger partial charge in [0, 0.05) is 13.0 Å². The second-order valence-corrected chi connectivity index (χ2v) is 3.36. The van der Waals surface area contributed by atoms with Gasteiger partial charge in [0.25, 0.3) is 0 Å². The van der Waals surface area contributed by atoms with Gasteiger partial charge in [0.05, 0.1) is 6.10 Å². The lowest BCUT2D eigenvalue weighted by atomic mass is 9.98. The van der Waals surface area contributed by atoms with Crippen LogP contribution in [0.4, 0.5) is 0 Å². The zero-order valence-corrected chi connectivity index (χ0v) is 7.41. The van der Waals surface area contributed by atoms with Crippen molar-refractivity contribution < 1.29 is 14.9 Å². The third-order valence-corrected chi connectivity index (χ3v) is 2.28. The molecule has 2 N–H and O–H groups in total. The van der Waals surface area contributed by atoms with Gasteiger partial charge in [-0.3, -0.25) is 0 Å². The van der Waals surface area contributed by atoms with Crippen LogP contribution in [0.15, 0.2) is 0 Å². The molecule has 1 fully saturated rings. The lowest BCUT2D eigenvalue weighted by Crippen LogP contribution is -2.24. The molecule has 1 aliphatic rings. The van der Waals surface area contributed by atoms with Crippen molar-refractivity contribution in [2.45, 2.75) is 50.9 Å². The number of hydrogen-bond donors (Lipinski definition) is 2. The van der Waals surface area contributed by atoms with Crippen molar-refractivity contribution >= 4 is 0 Å². The Labute approximate surface area is 73.4 Å². The highest BCUT2D eigenvalue weighted by Gasteiger charge is 2.16. The molecule has 1 aliphatic carbocycles. The average Bonchev–Trinajstić information content (AvgIpc) is 2.06. The van der Waals surface area contributed by atoms with Crippen LogP contribution in [0, 0.1) is 0 Å². The quantitative estimate of drug-likeness (QED) is 0.626. The summed E-state index contributed by atoms with van der Waals surface area (Å²) in [6.07, 6.45) is 5.60. The maximum absolute atomic E-state index is 9.22. The van der Waals surface area contributed by atoms with E-state index in [1.54, 1.807) is 0 Å². The van der Waals surface area contributed by atoms with Gasteiger partial charge in [-0.15, -0.1) is 0 Å². The van der Waals surface area contributed by atoms with E-state index in [-0.39, 0.29) is 12.7 Å². The second-order valence-electron chi connectivity index (χ2n) is 3.36. The zero-order chi connectivity index (χ0) is 8.81. The van der Waals surface area contributed by atoms with Crippen LogP contribution in [0.5, 0.6) is 0 Å². The molecule has 0 radical (unpaired) electrons. The smallest absolute Gasteiger partial charge is 0.157 e. The molecule has 0 aromatic rings. The summed E-state index contributed by atoms with van der Waals surface area (Å²) in [5, 5.41) is 17.7. The molecule has 0 aromatic heterocycles. The fraction of sp³-hybridized carbons (Fsp3) is 1.00. The Morgan fingerprint density at radius 1 is 1.25 bits per heavy atom. The van der Waals surface area contributed by atoms with Crippen LogP contribution in [-0.4, -0.2) is 29.2 Å². The van der Waals surface area contributed by atoms with Gasteiger partial charge in [-0.05, 0) is 12.8 Å². The lowest BCUT2D eigenvalue weighted by molar-refractivity contribution is -0.150. The normalized spacial score (nSPS) is 22.5. The number of hydrogen-bond acceptors (Lipinski definition) is 3. The molecular formula is C9H18O3. The Morgan fingerprint density at radius 2 is 1.92 bits per heavy atom. The van der Waals surface area contributed by atoms with Crippen LogP contribution in [0.1, 0.15) is 38.5 Å². The van der Waals surface area contributed by atoms with Gasteiger partial charge in [0.1, 0.15) is 0 Å². The average molecular weight is 174 g/mol. The van der Waals surface area contributed by atoms with E-state index >= 15 is 0 Å². The minimum Gasteiger partial charge on any atom is -0.396 e. The van der Waals surface area contributed by atoms with Crippen molar-refractivity contribution in [1.29, 1.82) is 0 Å². The molecule has 3 nitrogen and oxygen atoms in total. The first kappa shape index (κ1) is 9.96. The van der Waals surface area contributed by atoms with Crippen molar-refractivity contribution in [2.24, 2.45) is 0 Å². The first-order valence-corrected chi connectivity index (χ1v) is 4.77. The van der Waals surface area contributed by atoms with E-state index in [0.717, 1.165) is 12.8 Å². The van der Waals surface area contributed by atoms with Gasteiger partial charge in [-0.1, -0.05) is 19.3 Å². The fourth-order valence-corrected chi connectivity index (χ4v) is 1.60. The minimum atomic E-state index is -0.766. The van der Waals surface area contributed by atoms with E-state index in [9.17, 15) is 5.11 Å². The third-order valence-electron chi connectivity index (χ3n) is 2.28. The first-order chi connectivity index (χ1) is 5.83. The van der Waals surface area contributed by atoms with Crippen LogP contribution >= 0.6 is 0 Å². The third kappa shape index (κ3) is 3.52. The van der Waals surface area contributed by atoms with Gasteiger partial charge < -0.3 is 14.9 Å². The predicted octanol–water partition coefficient (Wildman–Crippen LogP) is 1.04. The van der Waals surface area contributed by atoms with E-state index in [1.165, 1.54) is 19.3 Å². The fourth-order valence-electron chi connectivity index (χ4n) is 1.60. The van der Waals surface area contributed by atoms with Crippen molar-refractivity contribution in [3.05, 3.63) is 0 Å². The molecule has 1 unspecified atom stereocenters. The Hall–Kier alpha value is -0.120. The topological polar surface area (TPSA) is 49.7 Å². The van der Waals surface area contributed by atoms with E-state index < -0.39 is 6.29 Å². The SMILES string of the molecule is OCCC(O)OC1CCCCC1. The summed E-state index contributed by atoms with van der Waals surface area (Å²) < 4.78 is 5.33. The largest absolute Gasteiger partial charge is 0.396 e. The van der Waals surface area contributed by atoms with Crippen molar-refractivity contribution in [3.8, 4) is 0 Å². The Bertz CT molecular complexity index is 110. The Morgan fingerprint density at radius 3 is 2.50 bits per heavy atom. The summed E-state index contributed by atoms with van der Waals surface area (Å²) in [5.41, 5.74) is 0. The number of aliphatic hydroxyl groups excluding tert-OH is 2. The van der Waals surface area contributed by atoms with Crippen LogP contribution < -0.4 is 0 Å². The molecule has 0 aliphatic heterocycles. The van der Waals surface area contributed by atoms with Crippen molar-refractivity contribution in [2.75, 3.05) is 6.61 Å². The molecule has 0 saturated heterocycles. The molecule has 0 spiro atoms. The van der Waals surface area contributed by atoms with E-state index in [1.807, 2.05) is 0 Å². The van der Waals surface area contributed by atoms with Crippen LogP contribution in [0.25, 0.3) is 0 Å². The van der Waals surface area contributed by atoms with Crippen molar-refractivity contribution in [1.82, 2.24) is 0 Å². The van der Waals surface area contributed by atoms with Crippen molar-refractivity contribution in [3.63, 3.8) is 0 Å². The van der Waals surface area contributed by atoms with Gasteiger partial charge in [0.2, 0.25) is 0 Å². The predicted molar refractivity (Wildman–Crippen MR) is 45.7 cm³/mol. The molecule has 3 heteroatoms. The highest BCUT2D eigenvalue weighted by molar-refractivity contribution is 4.65. The molecule has 12 heavy (non-hydrogen) atoms. The van der Waals surface area contributed by atoms with E-state index in [4.69, 9.17) is 9.84 Å². The summed E-state index contributed by atoms with van der Waals surface area (Å²) in [6, 6.07) is 0. The Balaban J connectivity index is 2.11. The maximum atomic E-state index is 9.22. The lowest BCUT2D eigenvalue weighted by Gasteiger charge is -2.24. The monoisotopic (exact) mass is 174 g/mol. The van der Waals surface area contributed by atoms with Gasteiger partial charge in [0.15, 0.2) is 6.29 Å². The maximum Gasteiger partial charge on any atom is 0.157 e. The summed E-state index contributed by atoms with van der Waals surface area (Å²) in [4.78, 5) is 0. The number of rotatable bonds is 4. The molecule has 0 heterocycles. The Kier molecular flexibility index (Phi) is 4.58. The number of ether oxygens (including phenoxy) is 1. The minimum absolute atomic E-state index is 0.00606. The summed E-state index contributed by atoms with van der Waals surface area (Å²) in [5.74, 6) is 0. The highest BCUT2D eigenvalue weighted by Crippen LogP contribution is 2.21.